The molecule has 2 aromatic rings. The first-order chi connectivity index (χ1) is 8.58. The molecule has 2 nitrogen and oxygen atoms in total. The van der Waals surface area contributed by atoms with E-state index >= 15 is 0 Å². The van der Waals surface area contributed by atoms with Crippen LogP contribution in [0.3, 0.4) is 0 Å². The minimum Gasteiger partial charge on any atom is -0.397 e. The van der Waals surface area contributed by atoms with Crippen LogP contribution in [0.2, 0.25) is 0 Å². The lowest BCUT2D eigenvalue weighted by Gasteiger charge is -2.23. The van der Waals surface area contributed by atoms with Gasteiger partial charge in [0.05, 0.1) is 17.4 Å². The summed E-state index contributed by atoms with van der Waals surface area (Å²) in [5.41, 5.74) is 7.05. The van der Waals surface area contributed by atoms with Crippen LogP contribution >= 0.6 is 11.3 Å². The second kappa shape index (κ2) is 5.40. The Labute approximate surface area is 111 Å². The summed E-state index contributed by atoms with van der Waals surface area (Å²) < 4.78 is 13.0. The summed E-state index contributed by atoms with van der Waals surface area (Å²) in [4.78, 5) is 1.26. The van der Waals surface area contributed by atoms with E-state index in [0.717, 1.165) is 5.69 Å². The molecule has 0 saturated carbocycles. The van der Waals surface area contributed by atoms with Crippen molar-refractivity contribution in [3.8, 4) is 0 Å². The van der Waals surface area contributed by atoms with Gasteiger partial charge in [0.1, 0.15) is 5.82 Å². The molecular weight excluding hydrogens is 247 g/mol. The SMILES string of the molecule is CC(C)C(Nc1ccc(F)cc1N)c1cccs1. The lowest BCUT2D eigenvalue weighted by atomic mass is 10.0. The van der Waals surface area contributed by atoms with Gasteiger partial charge < -0.3 is 11.1 Å². The summed E-state index contributed by atoms with van der Waals surface area (Å²) in [6.07, 6.45) is 0. The van der Waals surface area contributed by atoms with E-state index in [1.165, 1.54) is 17.0 Å². The molecule has 0 radical (unpaired) electrons. The summed E-state index contributed by atoms with van der Waals surface area (Å²) >= 11 is 1.71. The number of halogens is 1. The molecule has 0 saturated heterocycles. The largest absolute Gasteiger partial charge is 0.397 e. The summed E-state index contributed by atoms with van der Waals surface area (Å²) in [6.45, 7) is 4.30. The number of hydrogen-bond donors (Lipinski definition) is 2. The molecule has 96 valence electrons. The van der Waals surface area contributed by atoms with E-state index < -0.39 is 0 Å². The number of hydrogen-bond acceptors (Lipinski definition) is 3. The van der Waals surface area contributed by atoms with Crippen molar-refractivity contribution in [2.45, 2.75) is 19.9 Å². The van der Waals surface area contributed by atoms with Gasteiger partial charge in [-0.15, -0.1) is 11.3 Å². The quantitative estimate of drug-likeness (QED) is 0.809. The van der Waals surface area contributed by atoms with E-state index in [1.807, 2.05) is 6.07 Å². The number of rotatable bonds is 4. The Bertz CT molecular complexity index is 509. The topological polar surface area (TPSA) is 38.0 Å². The predicted octanol–water partition coefficient (Wildman–Crippen LogP) is 4.28. The molecule has 0 fully saturated rings. The Balaban J connectivity index is 2.24. The van der Waals surface area contributed by atoms with Gasteiger partial charge in [-0.3, -0.25) is 0 Å². The number of thiophene rings is 1. The molecule has 3 N–H and O–H groups in total. The van der Waals surface area contributed by atoms with Crippen molar-refractivity contribution < 1.29 is 4.39 Å². The van der Waals surface area contributed by atoms with E-state index in [2.05, 4.69) is 30.6 Å². The minimum absolute atomic E-state index is 0.192. The monoisotopic (exact) mass is 264 g/mol. The van der Waals surface area contributed by atoms with Crippen molar-refractivity contribution in [1.29, 1.82) is 0 Å². The molecule has 0 amide bonds. The van der Waals surface area contributed by atoms with E-state index in [9.17, 15) is 4.39 Å². The number of nitrogens with one attached hydrogen (secondary N) is 1. The van der Waals surface area contributed by atoms with Gasteiger partial charge in [0, 0.05) is 4.88 Å². The van der Waals surface area contributed by atoms with Crippen LogP contribution in [-0.4, -0.2) is 0 Å². The molecule has 1 aromatic heterocycles. The van der Waals surface area contributed by atoms with E-state index in [1.54, 1.807) is 17.4 Å². The zero-order valence-electron chi connectivity index (χ0n) is 10.5. The molecule has 0 spiro atoms. The van der Waals surface area contributed by atoms with Gasteiger partial charge in [0.15, 0.2) is 0 Å². The van der Waals surface area contributed by atoms with Gasteiger partial charge >= 0.3 is 0 Å². The third-order valence-electron chi connectivity index (χ3n) is 2.84. The van der Waals surface area contributed by atoms with Crippen LogP contribution in [0.1, 0.15) is 24.8 Å². The van der Waals surface area contributed by atoms with Crippen molar-refractivity contribution in [3.05, 3.63) is 46.4 Å². The average molecular weight is 264 g/mol. The second-order valence-corrected chi connectivity index (χ2v) is 5.59. The molecule has 1 unspecified atom stereocenters. The van der Waals surface area contributed by atoms with Crippen molar-refractivity contribution in [3.63, 3.8) is 0 Å². The Hall–Kier alpha value is -1.55. The third-order valence-corrected chi connectivity index (χ3v) is 3.80. The highest BCUT2D eigenvalue weighted by Gasteiger charge is 2.17. The van der Waals surface area contributed by atoms with Gasteiger partial charge in [-0.25, -0.2) is 4.39 Å². The molecule has 18 heavy (non-hydrogen) atoms. The van der Waals surface area contributed by atoms with Crippen LogP contribution in [0.25, 0.3) is 0 Å². The lowest BCUT2D eigenvalue weighted by Crippen LogP contribution is -2.16. The Morgan fingerprint density at radius 1 is 1.28 bits per heavy atom. The normalized spacial score (nSPS) is 12.7. The number of nitrogen functional groups attached to an aromatic ring is 1. The first kappa shape index (κ1) is 12.9. The zero-order chi connectivity index (χ0) is 13.1. The first-order valence-electron chi connectivity index (χ1n) is 5.93. The molecule has 0 aliphatic heterocycles. The maximum Gasteiger partial charge on any atom is 0.125 e. The lowest BCUT2D eigenvalue weighted by molar-refractivity contribution is 0.554. The van der Waals surface area contributed by atoms with Crippen LogP contribution in [0, 0.1) is 11.7 Å². The molecule has 1 heterocycles. The minimum atomic E-state index is -0.310. The fourth-order valence-electron chi connectivity index (χ4n) is 1.87. The predicted molar refractivity (Wildman–Crippen MR) is 76.3 cm³/mol. The summed E-state index contributed by atoms with van der Waals surface area (Å²) in [6, 6.07) is 8.78. The van der Waals surface area contributed by atoms with Crippen LogP contribution in [0.4, 0.5) is 15.8 Å². The Morgan fingerprint density at radius 2 is 2.06 bits per heavy atom. The number of anilines is 2. The summed E-state index contributed by atoms with van der Waals surface area (Å²) in [7, 11) is 0. The number of nitrogens with two attached hydrogens (primary N) is 1. The highest BCUT2D eigenvalue weighted by Crippen LogP contribution is 2.31. The maximum atomic E-state index is 13.0. The second-order valence-electron chi connectivity index (χ2n) is 4.61. The molecule has 1 atom stereocenters. The molecule has 0 aliphatic rings. The molecule has 1 aromatic carbocycles. The van der Waals surface area contributed by atoms with Crippen molar-refractivity contribution in [2.75, 3.05) is 11.1 Å². The van der Waals surface area contributed by atoms with Crippen LogP contribution in [0.5, 0.6) is 0 Å². The molecule has 2 rings (SSSR count). The van der Waals surface area contributed by atoms with Crippen molar-refractivity contribution >= 4 is 22.7 Å². The van der Waals surface area contributed by atoms with Gasteiger partial charge in [0.2, 0.25) is 0 Å². The van der Waals surface area contributed by atoms with Crippen molar-refractivity contribution in [2.24, 2.45) is 5.92 Å². The molecule has 0 bridgehead atoms. The maximum absolute atomic E-state index is 13.0. The third kappa shape index (κ3) is 2.82. The molecule has 0 aliphatic carbocycles. The van der Waals surface area contributed by atoms with Gasteiger partial charge in [-0.1, -0.05) is 19.9 Å². The van der Waals surface area contributed by atoms with E-state index in [4.69, 9.17) is 5.73 Å². The fraction of sp³-hybridized carbons (Fsp3) is 0.286. The van der Waals surface area contributed by atoms with Crippen LogP contribution in [0.15, 0.2) is 35.7 Å². The molecule has 4 heteroatoms. The van der Waals surface area contributed by atoms with E-state index in [-0.39, 0.29) is 11.9 Å². The number of benzene rings is 1. The Morgan fingerprint density at radius 3 is 2.61 bits per heavy atom. The van der Waals surface area contributed by atoms with Gasteiger partial charge in [-0.05, 0) is 35.6 Å². The molecular formula is C14H17FN2S. The highest BCUT2D eigenvalue weighted by molar-refractivity contribution is 7.10. The average Bonchev–Trinajstić information content (AvgIpc) is 2.80. The van der Waals surface area contributed by atoms with Gasteiger partial charge in [-0.2, -0.15) is 0 Å². The Kier molecular flexibility index (Phi) is 3.87. The van der Waals surface area contributed by atoms with Crippen LogP contribution in [-0.2, 0) is 0 Å². The summed E-state index contributed by atoms with van der Waals surface area (Å²) in [5, 5.41) is 5.45. The van der Waals surface area contributed by atoms with Gasteiger partial charge in [0.25, 0.3) is 0 Å². The van der Waals surface area contributed by atoms with Crippen molar-refractivity contribution in [1.82, 2.24) is 0 Å². The summed E-state index contributed by atoms with van der Waals surface area (Å²) in [5.74, 6) is 0.114. The standard InChI is InChI=1S/C14H17FN2S/c1-9(2)14(13-4-3-7-18-13)17-12-6-5-10(15)8-11(12)16/h3-9,14,17H,16H2,1-2H3. The smallest absolute Gasteiger partial charge is 0.125 e. The highest BCUT2D eigenvalue weighted by atomic mass is 32.1. The zero-order valence-corrected chi connectivity index (χ0v) is 11.3. The fourth-order valence-corrected chi connectivity index (χ4v) is 2.82. The van der Waals surface area contributed by atoms with Crippen LogP contribution < -0.4 is 11.1 Å². The van der Waals surface area contributed by atoms with E-state index in [0.29, 0.717) is 11.6 Å². The first-order valence-corrected chi connectivity index (χ1v) is 6.81.